The number of aromatic nitrogens is 2. The average molecular weight is 688 g/mol. The molecule has 0 aliphatic heterocycles. The van der Waals surface area contributed by atoms with Crippen LogP contribution in [0.2, 0.25) is 10.0 Å². The Kier molecular flexibility index (Phi) is 15.7. The zero-order chi connectivity index (χ0) is 33.6. The molecule has 0 spiro atoms. The van der Waals surface area contributed by atoms with E-state index in [4.69, 9.17) is 23.2 Å². The van der Waals surface area contributed by atoms with Crippen molar-refractivity contribution >= 4 is 74.5 Å². The van der Waals surface area contributed by atoms with E-state index in [0.717, 1.165) is 32.9 Å². The van der Waals surface area contributed by atoms with Gasteiger partial charge in [-0.05, 0) is 47.5 Å². The van der Waals surface area contributed by atoms with Gasteiger partial charge in [-0.1, -0.05) is 42.8 Å². The van der Waals surface area contributed by atoms with Crippen LogP contribution in [0.5, 0.6) is 0 Å². The van der Waals surface area contributed by atoms with Gasteiger partial charge in [0.25, 0.3) is 0 Å². The monoisotopic (exact) mass is 686 g/mol. The second kappa shape index (κ2) is 19.1. The lowest BCUT2D eigenvalue weighted by Gasteiger charge is -2.11. The number of nitrogens with zero attached hydrogens (tertiary/aromatic N) is 2. The number of benzene rings is 2. The quantitative estimate of drug-likeness (QED) is 0.186. The molecule has 4 rings (SSSR count). The van der Waals surface area contributed by atoms with E-state index in [1.165, 1.54) is 13.8 Å². The van der Waals surface area contributed by atoms with Crippen LogP contribution < -0.4 is 10.6 Å². The Morgan fingerprint density at radius 1 is 0.766 bits per heavy atom. The summed E-state index contributed by atoms with van der Waals surface area (Å²) in [6.45, 7) is 1.84. The van der Waals surface area contributed by atoms with E-state index in [2.05, 4.69) is 30.1 Å². The zero-order valence-corrected chi connectivity index (χ0v) is 26.6. The number of ketones is 1. The average Bonchev–Trinajstić information content (AvgIpc) is 3.00. The number of rotatable bonds is 12. The highest BCUT2D eigenvalue weighted by molar-refractivity contribution is 6.31. The van der Waals surface area contributed by atoms with Crippen molar-refractivity contribution in [2.75, 3.05) is 26.3 Å². The molecule has 0 radical (unpaired) electrons. The van der Waals surface area contributed by atoms with E-state index in [9.17, 15) is 29.1 Å². The Balaban J connectivity index is 0.000000320. The Hall–Kier alpha value is -4.65. The lowest BCUT2D eigenvalue weighted by atomic mass is 10.1. The Bertz CT molecular complexity index is 1730. The van der Waals surface area contributed by atoms with Gasteiger partial charge >= 0.3 is 11.9 Å². The standard InChI is InChI=1S/C16H17ClN2O4.C16H15ClN2O4.CH4/c2*1-10(20)23-9-14(21)8-19-16(22)5-11-2-3-15-12(4-11)6-13(17)7-18-15;/h2-4,6-7,14,21H,5,8-9H2,1H3,(H,19,22);2-4,6-7H,5,8-9H2,1H3,(H,19,22);1H4. The van der Waals surface area contributed by atoms with Crippen molar-refractivity contribution in [2.24, 2.45) is 0 Å². The number of ether oxygens (including phenoxy) is 2. The highest BCUT2D eigenvalue weighted by Crippen LogP contribution is 2.19. The van der Waals surface area contributed by atoms with Crippen LogP contribution in [0.15, 0.2) is 60.9 Å². The summed E-state index contributed by atoms with van der Waals surface area (Å²) in [5, 5.41) is 17.4. The Morgan fingerprint density at radius 2 is 1.26 bits per heavy atom. The van der Waals surface area contributed by atoms with Crippen molar-refractivity contribution in [3.8, 4) is 0 Å². The number of aliphatic hydroxyl groups excluding tert-OH is 1. The predicted molar refractivity (Wildman–Crippen MR) is 178 cm³/mol. The zero-order valence-electron chi connectivity index (χ0n) is 25.0. The fourth-order valence-corrected chi connectivity index (χ4v) is 4.29. The largest absolute Gasteiger partial charge is 0.463 e. The van der Waals surface area contributed by atoms with E-state index in [0.29, 0.717) is 10.0 Å². The fourth-order valence-electron chi connectivity index (χ4n) is 3.96. The minimum atomic E-state index is -0.928. The molecule has 1 unspecified atom stereocenters. The van der Waals surface area contributed by atoms with Gasteiger partial charge in [0.05, 0.1) is 40.5 Å². The van der Waals surface area contributed by atoms with Crippen molar-refractivity contribution < 1.29 is 38.6 Å². The van der Waals surface area contributed by atoms with Crippen molar-refractivity contribution in [1.82, 2.24) is 20.6 Å². The minimum absolute atomic E-state index is 0. The summed E-state index contributed by atoms with van der Waals surface area (Å²) < 4.78 is 9.21. The summed E-state index contributed by atoms with van der Waals surface area (Å²) in [4.78, 5) is 64.7. The predicted octanol–water partition coefficient (Wildman–Crippen LogP) is 3.79. The maximum Gasteiger partial charge on any atom is 0.303 e. The molecule has 2 heterocycles. The third-order valence-electron chi connectivity index (χ3n) is 6.09. The van der Waals surface area contributed by atoms with Crippen LogP contribution in [0.25, 0.3) is 21.8 Å². The van der Waals surface area contributed by atoms with Gasteiger partial charge in [0.2, 0.25) is 11.8 Å². The van der Waals surface area contributed by atoms with Gasteiger partial charge in [0.1, 0.15) is 12.7 Å². The molecule has 0 bridgehead atoms. The summed E-state index contributed by atoms with van der Waals surface area (Å²) in [5.41, 5.74) is 3.19. The molecule has 47 heavy (non-hydrogen) atoms. The van der Waals surface area contributed by atoms with Gasteiger partial charge < -0.3 is 25.2 Å². The molecule has 1 atom stereocenters. The van der Waals surface area contributed by atoms with Gasteiger partial charge in [-0.25, -0.2) is 0 Å². The number of carbonyl (C=O) groups excluding carboxylic acids is 5. The van der Waals surface area contributed by atoms with Crippen molar-refractivity contribution in [2.45, 2.75) is 40.2 Å². The van der Waals surface area contributed by atoms with Crippen LogP contribution in [0, 0.1) is 0 Å². The lowest BCUT2D eigenvalue weighted by Crippen LogP contribution is -2.35. The number of fused-ring (bicyclic) bond motifs is 2. The molecule has 0 aliphatic rings. The molecule has 0 fully saturated rings. The molecular weight excluding hydrogens is 651 g/mol. The number of halogens is 2. The molecule has 0 saturated carbocycles. The van der Waals surface area contributed by atoms with Gasteiger partial charge in [-0.3, -0.25) is 33.9 Å². The number of hydrogen-bond donors (Lipinski definition) is 3. The van der Waals surface area contributed by atoms with Gasteiger partial charge in [0, 0.05) is 43.6 Å². The normalized spacial score (nSPS) is 10.9. The maximum absolute atomic E-state index is 11.9. The SMILES string of the molecule is C.CC(=O)OCC(=O)CNC(=O)Cc1ccc2ncc(Cl)cc2c1.CC(=O)OCC(O)CNC(=O)Cc1ccc2ncc(Cl)cc2c1. The van der Waals surface area contributed by atoms with Crippen LogP contribution >= 0.6 is 23.2 Å². The highest BCUT2D eigenvalue weighted by Gasteiger charge is 2.11. The molecule has 250 valence electrons. The Labute approximate surface area is 281 Å². The minimum Gasteiger partial charge on any atom is -0.463 e. The van der Waals surface area contributed by atoms with Gasteiger partial charge in [-0.15, -0.1) is 0 Å². The molecule has 0 saturated heterocycles. The van der Waals surface area contributed by atoms with Crippen molar-refractivity contribution in [3.63, 3.8) is 0 Å². The third-order valence-corrected chi connectivity index (χ3v) is 6.50. The number of Topliss-reactive ketones (excluding diaryl/α,β-unsaturated/α-hetero) is 1. The first-order valence-corrected chi connectivity index (χ1v) is 14.7. The third kappa shape index (κ3) is 14.1. The van der Waals surface area contributed by atoms with Crippen LogP contribution in [-0.4, -0.2) is 77.0 Å². The van der Waals surface area contributed by atoms with Crippen LogP contribution in [0.3, 0.4) is 0 Å². The molecule has 2 amide bonds. The van der Waals surface area contributed by atoms with Gasteiger partial charge in [-0.2, -0.15) is 0 Å². The number of amides is 2. The summed E-state index contributed by atoms with van der Waals surface area (Å²) in [5.74, 6) is -1.91. The fraction of sp³-hybridized carbons (Fsp3) is 0.303. The molecule has 14 heteroatoms. The smallest absolute Gasteiger partial charge is 0.303 e. The van der Waals surface area contributed by atoms with Crippen LogP contribution in [-0.2, 0) is 46.3 Å². The molecule has 2 aromatic carbocycles. The highest BCUT2D eigenvalue weighted by atomic mass is 35.5. The van der Waals surface area contributed by atoms with Gasteiger partial charge in [0.15, 0.2) is 12.4 Å². The number of pyridine rings is 2. The van der Waals surface area contributed by atoms with Crippen molar-refractivity contribution in [1.29, 1.82) is 0 Å². The summed E-state index contributed by atoms with van der Waals surface area (Å²) >= 11 is 11.8. The lowest BCUT2D eigenvalue weighted by molar-refractivity contribution is -0.145. The molecule has 12 nitrogen and oxygen atoms in total. The maximum atomic E-state index is 11.9. The number of esters is 2. The van der Waals surface area contributed by atoms with Crippen LogP contribution in [0.1, 0.15) is 32.4 Å². The second-order valence-corrected chi connectivity index (χ2v) is 10.9. The summed E-state index contributed by atoms with van der Waals surface area (Å²) in [7, 11) is 0. The van der Waals surface area contributed by atoms with E-state index in [1.807, 2.05) is 24.3 Å². The number of aliphatic hydroxyl groups is 1. The molecule has 2 aromatic heterocycles. The second-order valence-electron chi connectivity index (χ2n) is 10.1. The first kappa shape index (κ1) is 38.5. The molecule has 4 aromatic rings. The first-order valence-electron chi connectivity index (χ1n) is 14.0. The van der Waals surface area contributed by atoms with Crippen LogP contribution in [0.4, 0.5) is 0 Å². The number of carbonyl (C=O) groups is 5. The molecule has 3 N–H and O–H groups in total. The summed E-state index contributed by atoms with van der Waals surface area (Å²) in [6.07, 6.45) is 2.50. The number of hydrogen-bond acceptors (Lipinski definition) is 10. The first-order chi connectivity index (χ1) is 21.9. The van der Waals surface area contributed by atoms with E-state index < -0.39 is 18.0 Å². The molecule has 0 aliphatic carbocycles. The molecular formula is C33H36Cl2N4O8. The summed E-state index contributed by atoms with van der Waals surface area (Å²) in [6, 6.07) is 14.5. The van der Waals surface area contributed by atoms with E-state index >= 15 is 0 Å². The topological polar surface area (TPSA) is 174 Å². The number of nitrogens with one attached hydrogen (secondary N) is 2. The van der Waals surface area contributed by atoms with Crippen molar-refractivity contribution in [3.05, 3.63) is 82.1 Å². The Morgan fingerprint density at radius 3 is 1.74 bits per heavy atom. The van der Waals surface area contributed by atoms with E-state index in [1.54, 1.807) is 36.7 Å². The van der Waals surface area contributed by atoms with E-state index in [-0.39, 0.29) is 64.2 Å².